The summed E-state index contributed by atoms with van der Waals surface area (Å²) in [7, 11) is 0. The summed E-state index contributed by atoms with van der Waals surface area (Å²) in [5.74, 6) is 3.24. The van der Waals surface area contributed by atoms with Crippen LogP contribution in [0.5, 0.6) is 5.75 Å². The van der Waals surface area contributed by atoms with Gasteiger partial charge in [0, 0.05) is 13.2 Å². The molecule has 3 aliphatic rings. The first-order valence-corrected chi connectivity index (χ1v) is 9.26. The second-order valence-corrected chi connectivity index (χ2v) is 7.74. The van der Waals surface area contributed by atoms with E-state index in [1.54, 1.807) is 0 Å². The van der Waals surface area contributed by atoms with Crippen molar-refractivity contribution >= 4 is 0 Å². The van der Waals surface area contributed by atoms with Gasteiger partial charge in [0.1, 0.15) is 5.75 Å². The molecule has 1 aromatic carbocycles. The van der Waals surface area contributed by atoms with Crippen molar-refractivity contribution in [1.82, 2.24) is 0 Å². The number of ether oxygens (including phenoxy) is 1. The highest BCUT2D eigenvalue weighted by Gasteiger charge is 2.51. The molecule has 126 valence electrons. The zero-order valence-corrected chi connectivity index (χ0v) is 13.9. The molecule has 0 heterocycles. The van der Waals surface area contributed by atoms with Crippen LogP contribution in [-0.4, -0.2) is 29.5 Å². The second-order valence-electron chi connectivity index (χ2n) is 7.74. The van der Waals surface area contributed by atoms with E-state index in [2.05, 4.69) is 13.0 Å². The van der Waals surface area contributed by atoms with Gasteiger partial charge in [0.05, 0.1) is 6.10 Å². The van der Waals surface area contributed by atoms with Crippen LogP contribution in [-0.2, 0) is 11.2 Å². The number of aryl methyl sites for hydroxylation is 1. The van der Waals surface area contributed by atoms with E-state index in [0.717, 1.165) is 32.5 Å². The van der Waals surface area contributed by atoms with Crippen molar-refractivity contribution in [3.8, 4) is 5.75 Å². The van der Waals surface area contributed by atoms with Crippen molar-refractivity contribution < 1.29 is 14.9 Å². The predicted octanol–water partition coefficient (Wildman–Crippen LogP) is 3.48. The number of aliphatic hydroxyl groups excluding tert-OH is 1. The predicted molar refractivity (Wildman–Crippen MR) is 89.5 cm³/mol. The van der Waals surface area contributed by atoms with Crippen molar-refractivity contribution in [3.05, 3.63) is 29.3 Å². The van der Waals surface area contributed by atoms with Crippen molar-refractivity contribution in [1.29, 1.82) is 0 Å². The molecule has 0 amide bonds. The summed E-state index contributed by atoms with van der Waals surface area (Å²) in [6.07, 6.45) is 5.40. The highest BCUT2D eigenvalue weighted by atomic mass is 16.5. The Morgan fingerprint density at radius 2 is 2.00 bits per heavy atom. The number of benzene rings is 1. The fourth-order valence-electron chi connectivity index (χ4n) is 5.83. The minimum Gasteiger partial charge on any atom is -0.508 e. The van der Waals surface area contributed by atoms with E-state index < -0.39 is 0 Å². The highest BCUT2D eigenvalue weighted by Crippen LogP contribution is 2.57. The van der Waals surface area contributed by atoms with Gasteiger partial charge in [-0.2, -0.15) is 0 Å². The van der Waals surface area contributed by atoms with E-state index >= 15 is 0 Å². The van der Waals surface area contributed by atoms with Crippen LogP contribution in [0.1, 0.15) is 49.7 Å². The van der Waals surface area contributed by atoms with Gasteiger partial charge in [-0.3, -0.25) is 0 Å². The fourth-order valence-corrected chi connectivity index (χ4v) is 5.83. The van der Waals surface area contributed by atoms with Gasteiger partial charge < -0.3 is 14.9 Å². The molecular weight excluding hydrogens is 288 g/mol. The number of rotatable bonds is 3. The largest absolute Gasteiger partial charge is 0.508 e. The van der Waals surface area contributed by atoms with Crippen molar-refractivity contribution in [2.24, 2.45) is 23.7 Å². The summed E-state index contributed by atoms with van der Waals surface area (Å²) in [4.78, 5) is 0. The summed E-state index contributed by atoms with van der Waals surface area (Å²) in [5.41, 5.74) is 2.76. The summed E-state index contributed by atoms with van der Waals surface area (Å²) in [5, 5.41) is 20.2. The van der Waals surface area contributed by atoms with Crippen LogP contribution in [0, 0.1) is 23.7 Å². The number of fused-ring (bicyclic) bond motifs is 5. The van der Waals surface area contributed by atoms with Gasteiger partial charge in [-0.1, -0.05) is 6.07 Å². The Kier molecular flexibility index (Phi) is 4.10. The van der Waals surface area contributed by atoms with Crippen molar-refractivity contribution in [3.63, 3.8) is 0 Å². The third kappa shape index (κ3) is 2.58. The van der Waals surface area contributed by atoms with Gasteiger partial charge in [-0.05, 0) is 91.9 Å². The number of phenolic OH excluding ortho intramolecular Hbond substituents is 1. The molecule has 6 atom stereocenters. The van der Waals surface area contributed by atoms with Crippen molar-refractivity contribution in [2.45, 2.75) is 51.0 Å². The maximum atomic E-state index is 10.4. The Labute approximate surface area is 138 Å². The monoisotopic (exact) mass is 316 g/mol. The lowest BCUT2D eigenvalue weighted by molar-refractivity contribution is -0.00832. The SMILES string of the molecule is CCOC[C@H]1CC2C(CC[C@@H]2O)C2CCc3cc(O)ccc3C21. The van der Waals surface area contributed by atoms with E-state index in [9.17, 15) is 10.2 Å². The highest BCUT2D eigenvalue weighted by molar-refractivity contribution is 5.40. The molecule has 0 radical (unpaired) electrons. The average Bonchev–Trinajstić information content (AvgIpc) is 2.93. The van der Waals surface area contributed by atoms with Crippen LogP contribution in [0.2, 0.25) is 0 Å². The van der Waals surface area contributed by atoms with Gasteiger partial charge in [0.25, 0.3) is 0 Å². The van der Waals surface area contributed by atoms with Crippen LogP contribution in [0.4, 0.5) is 0 Å². The molecule has 4 unspecified atom stereocenters. The van der Waals surface area contributed by atoms with E-state index in [0.29, 0.717) is 35.3 Å². The number of aliphatic hydroxyl groups is 1. The average molecular weight is 316 g/mol. The molecule has 2 saturated carbocycles. The normalized spacial score (nSPS) is 38.7. The zero-order chi connectivity index (χ0) is 16.0. The first-order chi connectivity index (χ1) is 11.2. The lowest BCUT2D eigenvalue weighted by Crippen LogP contribution is -2.43. The van der Waals surface area contributed by atoms with E-state index in [-0.39, 0.29) is 6.10 Å². The molecule has 0 bridgehead atoms. The molecule has 3 aliphatic carbocycles. The molecule has 1 aromatic rings. The number of hydrogen-bond donors (Lipinski definition) is 2. The molecule has 0 aliphatic heterocycles. The van der Waals surface area contributed by atoms with Crippen LogP contribution in [0.25, 0.3) is 0 Å². The van der Waals surface area contributed by atoms with Crippen molar-refractivity contribution in [2.75, 3.05) is 13.2 Å². The molecule has 2 fully saturated rings. The summed E-state index contributed by atoms with van der Waals surface area (Å²) < 4.78 is 5.81. The Morgan fingerprint density at radius 3 is 2.83 bits per heavy atom. The summed E-state index contributed by atoms with van der Waals surface area (Å²) in [6.45, 7) is 3.61. The molecule has 23 heavy (non-hydrogen) atoms. The second kappa shape index (κ2) is 6.10. The molecule has 3 nitrogen and oxygen atoms in total. The molecule has 2 N–H and O–H groups in total. The maximum absolute atomic E-state index is 10.4. The first-order valence-electron chi connectivity index (χ1n) is 9.26. The smallest absolute Gasteiger partial charge is 0.115 e. The first kappa shape index (κ1) is 15.5. The zero-order valence-electron chi connectivity index (χ0n) is 13.9. The van der Waals surface area contributed by atoms with Gasteiger partial charge in [-0.15, -0.1) is 0 Å². The fraction of sp³-hybridized carbons (Fsp3) is 0.700. The van der Waals surface area contributed by atoms with E-state index in [1.165, 1.54) is 24.0 Å². The Morgan fingerprint density at radius 1 is 1.13 bits per heavy atom. The molecular formula is C20H28O3. The third-order valence-corrected chi connectivity index (χ3v) is 6.70. The van der Waals surface area contributed by atoms with Crippen LogP contribution >= 0.6 is 0 Å². The van der Waals surface area contributed by atoms with E-state index in [1.807, 2.05) is 12.1 Å². The molecule has 0 spiro atoms. The lowest BCUT2D eigenvalue weighted by atomic mass is 9.57. The standard InChI is InChI=1S/C20H28O3/c1-2-23-11-13-10-18-16(7-8-19(18)22)17-5-3-12-9-14(21)4-6-15(12)20(13)17/h4,6,9,13,16-22H,2-3,5,7-8,10-11H2,1H3/t13-,16?,17?,18?,19+,20?/m1/s1. The van der Waals surface area contributed by atoms with Crippen LogP contribution in [0.3, 0.4) is 0 Å². The summed E-state index contributed by atoms with van der Waals surface area (Å²) in [6, 6.07) is 5.94. The molecule has 0 aromatic heterocycles. The van der Waals surface area contributed by atoms with Gasteiger partial charge in [-0.25, -0.2) is 0 Å². The number of phenols is 1. The Hall–Kier alpha value is -1.06. The minimum absolute atomic E-state index is 0.105. The topological polar surface area (TPSA) is 49.7 Å². The molecule has 4 rings (SSSR count). The third-order valence-electron chi connectivity index (χ3n) is 6.70. The molecule has 3 heteroatoms. The summed E-state index contributed by atoms with van der Waals surface area (Å²) >= 11 is 0. The van der Waals surface area contributed by atoms with Gasteiger partial charge in [0.15, 0.2) is 0 Å². The van der Waals surface area contributed by atoms with Gasteiger partial charge >= 0.3 is 0 Å². The van der Waals surface area contributed by atoms with Crippen LogP contribution in [0.15, 0.2) is 18.2 Å². The minimum atomic E-state index is -0.105. The van der Waals surface area contributed by atoms with Gasteiger partial charge in [0.2, 0.25) is 0 Å². The maximum Gasteiger partial charge on any atom is 0.115 e. The number of hydrogen-bond acceptors (Lipinski definition) is 3. The lowest BCUT2D eigenvalue weighted by Gasteiger charge is -2.49. The number of aromatic hydroxyl groups is 1. The Balaban J connectivity index is 1.70. The quantitative estimate of drug-likeness (QED) is 0.897. The molecule has 0 saturated heterocycles. The Bertz CT molecular complexity index is 570. The van der Waals surface area contributed by atoms with Crippen LogP contribution < -0.4 is 0 Å². The van der Waals surface area contributed by atoms with E-state index in [4.69, 9.17) is 4.74 Å².